The molecule has 1 aliphatic rings. The molecule has 0 saturated heterocycles. The summed E-state index contributed by atoms with van der Waals surface area (Å²) in [5, 5.41) is 10.3. The van der Waals surface area contributed by atoms with Gasteiger partial charge in [-0.2, -0.15) is 0 Å². The first-order valence-electron chi connectivity index (χ1n) is 17.3. The van der Waals surface area contributed by atoms with E-state index in [1.54, 1.807) is 0 Å². The zero-order valence-corrected chi connectivity index (χ0v) is 27.7. The van der Waals surface area contributed by atoms with Gasteiger partial charge in [-0.05, 0) is 123 Å². The fraction of sp³-hybridized carbons (Fsp3) is 0.0612. The normalized spacial score (nSPS) is 13.3. The second kappa shape index (κ2) is 10.5. The van der Waals surface area contributed by atoms with Crippen LogP contribution in [-0.2, 0) is 5.41 Å². The fourth-order valence-corrected chi connectivity index (χ4v) is 8.67. The van der Waals surface area contributed by atoms with Gasteiger partial charge in [-0.25, -0.2) is 0 Å². The molecule has 9 aromatic rings. The molecule has 0 radical (unpaired) electrons. The molecule has 49 heavy (non-hydrogen) atoms. The summed E-state index contributed by atoms with van der Waals surface area (Å²) in [6.07, 6.45) is 0. The molecular formula is C49H34. The van der Waals surface area contributed by atoms with Crippen molar-refractivity contribution in [1.82, 2.24) is 0 Å². The van der Waals surface area contributed by atoms with E-state index in [9.17, 15) is 0 Å². The standard InChI is InChI=1S/C49H34/c1-49(2)45-22-11-10-19-40(45)42-21-12-20-41-38(25-26-46(49)48(41)42)35-27-34(31-13-4-3-5-14-31)28-36(29-35)47-39-18-9-7-16-33(39)30-44-37-17-8-6-15-32(37)23-24-43(44)47/h3-30H,1-2H3. The molecule has 1 aliphatic carbocycles. The molecule has 0 N–H and O–H groups in total. The summed E-state index contributed by atoms with van der Waals surface area (Å²) in [7, 11) is 0. The Balaban J connectivity index is 1.31. The quantitative estimate of drug-likeness (QED) is 0.136. The van der Waals surface area contributed by atoms with Gasteiger partial charge in [0.15, 0.2) is 0 Å². The summed E-state index contributed by atoms with van der Waals surface area (Å²) in [6, 6.07) is 63.3. The predicted molar refractivity (Wildman–Crippen MR) is 210 cm³/mol. The third-order valence-corrected chi connectivity index (χ3v) is 11.0. The van der Waals surface area contributed by atoms with Gasteiger partial charge in [0.05, 0.1) is 0 Å². The Morgan fingerprint density at radius 2 is 1.00 bits per heavy atom. The lowest BCUT2D eigenvalue weighted by Crippen LogP contribution is -2.23. The van der Waals surface area contributed by atoms with Crippen LogP contribution in [0.15, 0.2) is 170 Å². The summed E-state index contributed by atoms with van der Waals surface area (Å²) in [4.78, 5) is 0. The van der Waals surface area contributed by atoms with Gasteiger partial charge in [0.2, 0.25) is 0 Å². The number of benzene rings is 9. The second-order valence-corrected chi connectivity index (χ2v) is 14.1. The largest absolute Gasteiger partial charge is 0.0622 e. The van der Waals surface area contributed by atoms with Crippen LogP contribution in [0.4, 0.5) is 0 Å². The summed E-state index contributed by atoms with van der Waals surface area (Å²) in [5.41, 5.74) is 12.8. The maximum absolute atomic E-state index is 2.44. The van der Waals surface area contributed by atoms with Crippen LogP contribution in [-0.4, -0.2) is 0 Å². The average molecular weight is 623 g/mol. The van der Waals surface area contributed by atoms with Gasteiger partial charge in [-0.3, -0.25) is 0 Å². The minimum atomic E-state index is -0.0938. The zero-order valence-electron chi connectivity index (χ0n) is 27.7. The van der Waals surface area contributed by atoms with Crippen molar-refractivity contribution in [1.29, 1.82) is 0 Å². The van der Waals surface area contributed by atoms with E-state index < -0.39 is 0 Å². The molecule has 0 heterocycles. The smallest absolute Gasteiger partial charge is 0.0159 e. The summed E-state index contributed by atoms with van der Waals surface area (Å²) in [6.45, 7) is 4.75. The van der Waals surface area contributed by atoms with Crippen molar-refractivity contribution in [3.63, 3.8) is 0 Å². The molecule has 0 bridgehead atoms. The highest BCUT2D eigenvalue weighted by molar-refractivity contribution is 6.20. The highest BCUT2D eigenvalue weighted by atomic mass is 14.4. The van der Waals surface area contributed by atoms with Crippen LogP contribution in [0, 0.1) is 0 Å². The summed E-state index contributed by atoms with van der Waals surface area (Å²) in [5.74, 6) is 0. The number of rotatable bonds is 3. The number of hydrogen-bond acceptors (Lipinski definition) is 0. The van der Waals surface area contributed by atoms with Crippen molar-refractivity contribution in [2.45, 2.75) is 19.3 Å². The van der Waals surface area contributed by atoms with Crippen molar-refractivity contribution >= 4 is 43.1 Å². The lowest BCUT2D eigenvalue weighted by atomic mass is 9.68. The number of hydrogen-bond donors (Lipinski definition) is 0. The highest BCUT2D eigenvalue weighted by Crippen LogP contribution is 2.51. The molecule has 0 aromatic heterocycles. The third kappa shape index (κ3) is 4.17. The molecular weight excluding hydrogens is 589 g/mol. The average Bonchev–Trinajstić information content (AvgIpc) is 3.16. The van der Waals surface area contributed by atoms with Gasteiger partial charge in [0, 0.05) is 5.41 Å². The molecule has 9 aromatic carbocycles. The molecule has 0 atom stereocenters. The Labute approximate surface area is 286 Å². The molecule has 230 valence electrons. The second-order valence-electron chi connectivity index (χ2n) is 14.1. The molecule has 0 saturated carbocycles. The third-order valence-electron chi connectivity index (χ3n) is 11.0. The van der Waals surface area contributed by atoms with Gasteiger partial charge in [0.25, 0.3) is 0 Å². The van der Waals surface area contributed by atoms with Crippen LogP contribution in [0.3, 0.4) is 0 Å². The minimum Gasteiger partial charge on any atom is -0.0622 e. The van der Waals surface area contributed by atoms with E-state index in [0.717, 1.165) is 0 Å². The SMILES string of the molecule is CC1(C)c2ccccc2-c2cccc3c(-c4cc(-c5ccccc5)cc(-c5c6ccccc6cc6c5ccc5ccccc56)c4)ccc1c23. The van der Waals surface area contributed by atoms with Crippen LogP contribution >= 0.6 is 0 Å². The monoisotopic (exact) mass is 622 g/mol. The van der Waals surface area contributed by atoms with E-state index in [-0.39, 0.29) is 5.41 Å². The molecule has 0 aliphatic heterocycles. The van der Waals surface area contributed by atoms with Crippen molar-refractivity contribution in [3.8, 4) is 44.5 Å². The molecule has 0 amide bonds. The van der Waals surface area contributed by atoms with Crippen molar-refractivity contribution in [2.24, 2.45) is 0 Å². The molecule has 0 heteroatoms. The van der Waals surface area contributed by atoms with E-state index in [0.29, 0.717) is 0 Å². The molecule has 0 nitrogen and oxygen atoms in total. The van der Waals surface area contributed by atoms with E-state index in [1.165, 1.54) is 98.7 Å². The van der Waals surface area contributed by atoms with E-state index in [1.807, 2.05) is 0 Å². The lowest BCUT2D eigenvalue weighted by Gasteiger charge is -2.35. The van der Waals surface area contributed by atoms with Crippen molar-refractivity contribution in [3.05, 3.63) is 181 Å². The first kappa shape index (κ1) is 28.1. The van der Waals surface area contributed by atoms with Gasteiger partial charge in [0.1, 0.15) is 0 Å². The van der Waals surface area contributed by atoms with E-state index in [4.69, 9.17) is 0 Å². The molecule has 0 spiro atoms. The molecule has 0 fully saturated rings. The van der Waals surface area contributed by atoms with Crippen LogP contribution in [0.1, 0.15) is 25.0 Å². The van der Waals surface area contributed by atoms with E-state index in [2.05, 4.69) is 184 Å². The lowest BCUT2D eigenvalue weighted by molar-refractivity contribution is 0.645. The molecule has 10 rings (SSSR count). The van der Waals surface area contributed by atoms with Crippen LogP contribution < -0.4 is 0 Å². The highest BCUT2D eigenvalue weighted by Gasteiger charge is 2.33. The van der Waals surface area contributed by atoms with Crippen LogP contribution in [0.2, 0.25) is 0 Å². The first-order valence-corrected chi connectivity index (χ1v) is 17.3. The van der Waals surface area contributed by atoms with E-state index >= 15 is 0 Å². The Morgan fingerprint density at radius 1 is 0.327 bits per heavy atom. The minimum absolute atomic E-state index is 0.0938. The van der Waals surface area contributed by atoms with Gasteiger partial charge >= 0.3 is 0 Å². The number of fused-ring (bicyclic) bond motifs is 6. The van der Waals surface area contributed by atoms with Crippen molar-refractivity contribution < 1.29 is 0 Å². The van der Waals surface area contributed by atoms with Gasteiger partial charge in [-0.1, -0.05) is 159 Å². The zero-order chi connectivity index (χ0) is 32.7. The first-order chi connectivity index (χ1) is 24.1. The van der Waals surface area contributed by atoms with Crippen molar-refractivity contribution in [2.75, 3.05) is 0 Å². The maximum Gasteiger partial charge on any atom is 0.0159 e. The Kier molecular flexibility index (Phi) is 6.02. The summed E-state index contributed by atoms with van der Waals surface area (Å²) >= 11 is 0. The molecule has 0 unspecified atom stereocenters. The Bertz CT molecular complexity index is 2780. The topological polar surface area (TPSA) is 0 Å². The van der Waals surface area contributed by atoms with Crippen LogP contribution in [0.25, 0.3) is 87.6 Å². The van der Waals surface area contributed by atoms with Crippen LogP contribution in [0.5, 0.6) is 0 Å². The fourth-order valence-electron chi connectivity index (χ4n) is 8.67. The Hall–Kier alpha value is -5.98. The predicted octanol–water partition coefficient (Wildman–Crippen LogP) is 13.6. The summed E-state index contributed by atoms with van der Waals surface area (Å²) < 4.78 is 0. The maximum atomic E-state index is 2.44. The van der Waals surface area contributed by atoms with Gasteiger partial charge < -0.3 is 0 Å². The Morgan fingerprint density at radius 3 is 1.88 bits per heavy atom. The van der Waals surface area contributed by atoms with Gasteiger partial charge in [-0.15, -0.1) is 0 Å².